The molecule has 0 aromatic carbocycles. The first-order chi connectivity index (χ1) is 19.6. The Morgan fingerprint density at radius 2 is 2.10 bits per heavy atom. The highest BCUT2D eigenvalue weighted by atomic mass is 16.5. The fraction of sp³-hybridized carbons (Fsp3) is 0.385. The molecule has 0 aliphatic carbocycles. The van der Waals surface area contributed by atoms with Crippen LogP contribution in [0.3, 0.4) is 0 Å². The number of carbonyl (C=O) groups is 2. The zero-order valence-electron chi connectivity index (χ0n) is 21.5. The Hall–Kier alpha value is -4.72. The van der Waals surface area contributed by atoms with Gasteiger partial charge in [0.25, 0.3) is 5.91 Å². The standard InChI is InChI=1S/C26H27N9O5/c36-23(7-1-6-22-30-25(32-40-22)17-4-2-8-27-12-17)34-14-19-21(15-34)39-16-18-13-35(33-31-18)10-11-38-20-5-3-9-28-24(20)26(37)29-19/h2-5,8-9,12-13,19,21H,1,6-7,10-11,14-16H2,(H,29,37)/t19-,21-/m0/s1. The maximum absolute atomic E-state index is 13.2. The van der Waals surface area contributed by atoms with Crippen molar-refractivity contribution in [3.63, 3.8) is 0 Å². The summed E-state index contributed by atoms with van der Waals surface area (Å²) in [6.07, 6.45) is 7.51. The molecule has 40 heavy (non-hydrogen) atoms. The minimum absolute atomic E-state index is 0.0527. The van der Waals surface area contributed by atoms with E-state index in [4.69, 9.17) is 14.0 Å². The lowest BCUT2D eigenvalue weighted by Crippen LogP contribution is -2.44. The normalized spacial score (nSPS) is 19.2. The number of hydrogen-bond donors (Lipinski definition) is 1. The smallest absolute Gasteiger partial charge is 0.274 e. The SMILES string of the molecule is O=C1N[C@H]2CN(C(=O)CCCc3nc(-c4cccnc4)no3)C[C@@H]2OCc2cn(nn2)CCOc2cccnc21. The molecular weight excluding hydrogens is 518 g/mol. The van der Waals surface area contributed by atoms with Gasteiger partial charge in [-0.15, -0.1) is 5.10 Å². The number of fused-ring (bicyclic) bond motifs is 4. The summed E-state index contributed by atoms with van der Waals surface area (Å²) in [5, 5.41) is 15.3. The van der Waals surface area contributed by atoms with Crippen LogP contribution in [0.5, 0.6) is 5.75 Å². The summed E-state index contributed by atoms with van der Waals surface area (Å²) in [6.45, 7) is 1.57. The number of hydrogen-bond acceptors (Lipinski definition) is 11. The molecular formula is C26H27N9O5. The minimum atomic E-state index is -0.442. The van der Waals surface area contributed by atoms with Gasteiger partial charge >= 0.3 is 0 Å². The van der Waals surface area contributed by atoms with Crippen molar-refractivity contribution < 1.29 is 23.6 Å². The zero-order chi connectivity index (χ0) is 27.3. The lowest BCUT2D eigenvalue weighted by Gasteiger charge is -2.20. The second-order valence-corrected chi connectivity index (χ2v) is 9.51. The fourth-order valence-corrected chi connectivity index (χ4v) is 4.67. The van der Waals surface area contributed by atoms with Crippen molar-refractivity contribution in [3.8, 4) is 17.1 Å². The number of aryl methyl sites for hydroxylation is 1. The molecule has 2 amide bonds. The summed E-state index contributed by atoms with van der Waals surface area (Å²) in [5.41, 5.74) is 1.59. The van der Waals surface area contributed by atoms with Gasteiger partial charge in [-0.1, -0.05) is 10.4 Å². The van der Waals surface area contributed by atoms with Gasteiger partial charge in [0.1, 0.15) is 12.3 Å². The molecule has 2 atom stereocenters. The number of amides is 2. The molecule has 0 unspecified atom stereocenters. The van der Waals surface area contributed by atoms with E-state index in [0.29, 0.717) is 62.2 Å². The molecule has 1 fully saturated rings. The van der Waals surface area contributed by atoms with Gasteiger partial charge in [0.2, 0.25) is 17.6 Å². The van der Waals surface area contributed by atoms with Crippen molar-refractivity contribution in [2.45, 2.75) is 44.6 Å². The maximum Gasteiger partial charge on any atom is 0.274 e. The van der Waals surface area contributed by atoms with E-state index in [1.807, 2.05) is 6.07 Å². The number of rotatable bonds is 5. The summed E-state index contributed by atoms with van der Waals surface area (Å²) in [7, 11) is 0. The van der Waals surface area contributed by atoms with Crippen LogP contribution in [0.25, 0.3) is 11.4 Å². The summed E-state index contributed by atoms with van der Waals surface area (Å²) >= 11 is 0. The van der Waals surface area contributed by atoms with Crippen LogP contribution in [0.2, 0.25) is 0 Å². The highest BCUT2D eigenvalue weighted by molar-refractivity contribution is 5.95. The average Bonchev–Trinajstić information content (AvgIpc) is 3.73. The first-order valence-electron chi connectivity index (χ1n) is 13.0. The highest BCUT2D eigenvalue weighted by Gasteiger charge is 2.37. The summed E-state index contributed by atoms with van der Waals surface area (Å²) in [6, 6.07) is 6.61. The Kier molecular flexibility index (Phi) is 7.39. The lowest BCUT2D eigenvalue weighted by molar-refractivity contribution is -0.130. The molecule has 4 aromatic rings. The highest BCUT2D eigenvalue weighted by Crippen LogP contribution is 2.21. The van der Waals surface area contributed by atoms with E-state index in [0.717, 1.165) is 5.56 Å². The second-order valence-electron chi connectivity index (χ2n) is 9.51. The zero-order valence-corrected chi connectivity index (χ0v) is 21.5. The Morgan fingerprint density at radius 3 is 3.00 bits per heavy atom. The number of ether oxygens (including phenoxy) is 2. The van der Waals surface area contributed by atoms with Gasteiger partial charge < -0.3 is 24.2 Å². The van der Waals surface area contributed by atoms with Crippen LogP contribution < -0.4 is 10.1 Å². The number of pyridine rings is 2. The third kappa shape index (κ3) is 5.81. The second kappa shape index (κ2) is 11.6. The summed E-state index contributed by atoms with van der Waals surface area (Å²) in [5.74, 6) is 0.845. The van der Waals surface area contributed by atoms with E-state index in [9.17, 15) is 9.59 Å². The van der Waals surface area contributed by atoms with Crippen molar-refractivity contribution in [1.29, 1.82) is 0 Å². The predicted octanol–water partition coefficient (Wildman–Crippen LogP) is 1.06. The molecule has 0 saturated carbocycles. The Morgan fingerprint density at radius 1 is 1.18 bits per heavy atom. The van der Waals surface area contributed by atoms with Crippen molar-refractivity contribution in [2.24, 2.45) is 0 Å². The molecule has 14 heteroatoms. The maximum atomic E-state index is 13.2. The number of nitrogens with zero attached hydrogens (tertiary/aromatic N) is 8. The van der Waals surface area contributed by atoms with E-state index in [2.05, 4.69) is 35.7 Å². The third-order valence-electron chi connectivity index (χ3n) is 6.70. The molecule has 0 radical (unpaired) electrons. The van der Waals surface area contributed by atoms with Crippen molar-refractivity contribution in [3.05, 3.63) is 66.3 Å². The topological polar surface area (TPSA) is 163 Å². The predicted molar refractivity (Wildman–Crippen MR) is 137 cm³/mol. The summed E-state index contributed by atoms with van der Waals surface area (Å²) < 4.78 is 18.9. The van der Waals surface area contributed by atoms with Gasteiger partial charge in [0, 0.05) is 50.1 Å². The molecule has 2 aliphatic heterocycles. The van der Waals surface area contributed by atoms with E-state index >= 15 is 0 Å². The molecule has 2 aliphatic rings. The largest absolute Gasteiger partial charge is 0.489 e. The first-order valence-corrected chi connectivity index (χ1v) is 13.0. The summed E-state index contributed by atoms with van der Waals surface area (Å²) in [4.78, 5) is 40.7. The molecule has 1 saturated heterocycles. The number of likely N-dealkylation sites (tertiary alicyclic amines) is 1. The van der Waals surface area contributed by atoms with Gasteiger partial charge in [0.05, 0.1) is 31.5 Å². The van der Waals surface area contributed by atoms with Crippen LogP contribution in [0.1, 0.15) is 34.9 Å². The number of carbonyl (C=O) groups excluding carboxylic acids is 2. The molecule has 6 rings (SSSR count). The minimum Gasteiger partial charge on any atom is -0.489 e. The van der Waals surface area contributed by atoms with Gasteiger partial charge in [-0.25, -0.2) is 9.67 Å². The molecule has 14 nitrogen and oxygen atoms in total. The molecule has 0 spiro atoms. The molecule has 1 N–H and O–H groups in total. The van der Waals surface area contributed by atoms with Crippen LogP contribution in [0.15, 0.2) is 53.6 Å². The average molecular weight is 546 g/mol. The molecule has 6 heterocycles. The van der Waals surface area contributed by atoms with Crippen LogP contribution in [-0.2, 0) is 29.1 Å². The molecule has 4 aromatic heterocycles. The van der Waals surface area contributed by atoms with Crippen molar-refractivity contribution in [2.75, 3.05) is 19.7 Å². The van der Waals surface area contributed by atoms with Gasteiger partial charge in [-0.05, 0) is 30.7 Å². The van der Waals surface area contributed by atoms with Crippen LogP contribution in [0, 0.1) is 0 Å². The van der Waals surface area contributed by atoms with E-state index in [1.165, 1.54) is 6.20 Å². The monoisotopic (exact) mass is 545 g/mol. The van der Waals surface area contributed by atoms with E-state index in [-0.39, 0.29) is 24.6 Å². The number of nitrogens with one attached hydrogen (secondary N) is 1. The molecule has 206 valence electrons. The van der Waals surface area contributed by atoms with Gasteiger partial charge in [-0.3, -0.25) is 14.6 Å². The fourth-order valence-electron chi connectivity index (χ4n) is 4.67. The van der Waals surface area contributed by atoms with Crippen molar-refractivity contribution >= 4 is 11.8 Å². The third-order valence-corrected chi connectivity index (χ3v) is 6.70. The Labute approximate surface area is 228 Å². The van der Waals surface area contributed by atoms with Gasteiger partial charge in [-0.2, -0.15) is 4.98 Å². The quantitative estimate of drug-likeness (QED) is 0.381. The van der Waals surface area contributed by atoms with Crippen LogP contribution in [-0.4, -0.2) is 83.7 Å². The van der Waals surface area contributed by atoms with Gasteiger partial charge in [0.15, 0.2) is 11.4 Å². The van der Waals surface area contributed by atoms with E-state index < -0.39 is 18.1 Å². The van der Waals surface area contributed by atoms with Crippen molar-refractivity contribution in [1.82, 2.24) is 45.3 Å². The van der Waals surface area contributed by atoms with Crippen LogP contribution in [0.4, 0.5) is 0 Å². The van der Waals surface area contributed by atoms with Crippen LogP contribution >= 0.6 is 0 Å². The Balaban J connectivity index is 1.10. The lowest BCUT2D eigenvalue weighted by atomic mass is 10.2. The number of aromatic nitrogens is 7. The Bertz CT molecular complexity index is 1470. The molecule has 2 bridgehead atoms. The first kappa shape index (κ1) is 25.6. The van der Waals surface area contributed by atoms with E-state index in [1.54, 1.807) is 46.4 Å².